The summed E-state index contributed by atoms with van der Waals surface area (Å²) in [5.74, 6) is 0. The molecule has 0 amide bonds. The summed E-state index contributed by atoms with van der Waals surface area (Å²) < 4.78 is 35.4. The summed E-state index contributed by atoms with van der Waals surface area (Å²) in [5.41, 5.74) is 1.61. The molecule has 28 heavy (non-hydrogen) atoms. The maximum absolute atomic E-state index is 11.8. The second kappa shape index (κ2) is 13.0. The molecule has 0 saturated heterocycles. The topological polar surface area (TPSA) is 57.2 Å². The Kier molecular flexibility index (Phi) is 11.9. The second-order valence-corrected chi connectivity index (χ2v) is 8.91. The summed E-state index contributed by atoms with van der Waals surface area (Å²) in [7, 11) is -4.48. The molecule has 0 N–H and O–H groups in total. The number of aryl methyl sites for hydroxylation is 1. The van der Waals surface area contributed by atoms with E-state index in [1.807, 2.05) is 18.2 Å². The molecule has 0 aliphatic carbocycles. The SMILES string of the molecule is CCCCCCCCCCCCc1cc2ccccc2c(S(=O)(=O)[O-])c1C.[Na+]. The zero-order valence-corrected chi connectivity index (χ0v) is 20.6. The second-order valence-electron chi connectivity index (χ2n) is 7.60. The van der Waals surface area contributed by atoms with Crippen LogP contribution in [-0.2, 0) is 16.5 Å². The van der Waals surface area contributed by atoms with Crippen molar-refractivity contribution in [1.82, 2.24) is 0 Å². The zero-order valence-electron chi connectivity index (χ0n) is 17.8. The van der Waals surface area contributed by atoms with Gasteiger partial charge in [-0.3, -0.25) is 0 Å². The van der Waals surface area contributed by atoms with Crippen molar-refractivity contribution in [3.8, 4) is 0 Å². The maximum atomic E-state index is 11.8. The van der Waals surface area contributed by atoms with E-state index in [2.05, 4.69) is 6.92 Å². The van der Waals surface area contributed by atoms with Gasteiger partial charge in [-0.25, -0.2) is 8.42 Å². The smallest absolute Gasteiger partial charge is 0.744 e. The standard InChI is InChI=1S/C23H34O3S.Na/c1-3-4-5-6-7-8-9-10-11-12-15-20-18-21-16-13-14-17-22(21)23(19(20)2)27(24,25)26;/h13-14,16-18H,3-12,15H2,1-2H3,(H,24,25,26);/q;+1/p-1. The van der Waals surface area contributed by atoms with Crippen molar-refractivity contribution in [2.75, 3.05) is 0 Å². The Balaban J connectivity index is 0.00000392. The third-order valence-electron chi connectivity index (χ3n) is 5.41. The van der Waals surface area contributed by atoms with Crippen LogP contribution in [0.4, 0.5) is 0 Å². The molecule has 0 radical (unpaired) electrons. The summed E-state index contributed by atoms with van der Waals surface area (Å²) in [6.45, 7) is 4.01. The number of hydrogen-bond acceptors (Lipinski definition) is 3. The summed E-state index contributed by atoms with van der Waals surface area (Å²) in [4.78, 5) is -0.0392. The predicted octanol–water partition coefficient (Wildman–Crippen LogP) is 3.52. The molecule has 0 spiro atoms. The van der Waals surface area contributed by atoms with Crippen molar-refractivity contribution in [3.63, 3.8) is 0 Å². The quantitative estimate of drug-likeness (QED) is 0.304. The number of rotatable bonds is 12. The molecule has 0 aromatic heterocycles. The van der Waals surface area contributed by atoms with E-state index in [1.54, 1.807) is 19.1 Å². The molecule has 150 valence electrons. The third kappa shape index (κ3) is 7.79. The molecule has 0 heterocycles. The van der Waals surface area contributed by atoms with E-state index in [0.29, 0.717) is 10.9 Å². The van der Waals surface area contributed by atoms with Crippen LogP contribution in [-0.4, -0.2) is 13.0 Å². The summed E-state index contributed by atoms with van der Waals surface area (Å²) in [5, 5.41) is 1.37. The Morgan fingerprint density at radius 2 is 1.39 bits per heavy atom. The van der Waals surface area contributed by atoms with Crippen LogP contribution in [0.2, 0.25) is 0 Å². The fourth-order valence-corrected chi connectivity index (χ4v) is 4.82. The van der Waals surface area contributed by atoms with Gasteiger partial charge in [-0.1, -0.05) is 95.0 Å². The summed E-state index contributed by atoms with van der Waals surface area (Å²) in [6, 6.07) is 9.30. The molecular weight excluding hydrogens is 379 g/mol. The van der Waals surface area contributed by atoms with Crippen molar-refractivity contribution in [2.24, 2.45) is 0 Å². The average molecular weight is 413 g/mol. The average Bonchev–Trinajstić information content (AvgIpc) is 2.62. The Labute approximate surface area is 193 Å². The van der Waals surface area contributed by atoms with E-state index < -0.39 is 10.1 Å². The van der Waals surface area contributed by atoms with Crippen LogP contribution in [0.3, 0.4) is 0 Å². The summed E-state index contributed by atoms with van der Waals surface area (Å²) >= 11 is 0. The number of hydrogen-bond donors (Lipinski definition) is 0. The molecule has 0 aliphatic rings. The first-order chi connectivity index (χ1) is 12.9. The minimum atomic E-state index is -4.48. The Morgan fingerprint density at radius 3 is 1.96 bits per heavy atom. The van der Waals surface area contributed by atoms with Crippen LogP contribution in [0.25, 0.3) is 10.8 Å². The van der Waals surface area contributed by atoms with Gasteiger partial charge < -0.3 is 4.55 Å². The first-order valence-corrected chi connectivity index (χ1v) is 11.8. The van der Waals surface area contributed by atoms with Gasteiger partial charge in [0.15, 0.2) is 0 Å². The van der Waals surface area contributed by atoms with Crippen molar-refractivity contribution >= 4 is 20.9 Å². The molecule has 2 aromatic rings. The Bertz CT molecular complexity index is 831. The van der Waals surface area contributed by atoms with Gasteiger partial charge in [0.1, 0.15) is 10.1 Å². The maximum Gasteiger partial charge on any atom is 1.00 e. The number of benzene rings is 2. The molecule has 2 aromatic carbocycles. The van der Waals surface area contributed by atoms with E-state index in [4.69, 9.17) is 0 Å². The summed E-state index contributed by atoms with van der Waals surface area (Å²) in [6.07, 6.45) is 13.6. The van der Waals surface area contributed by atoms with Crippen LogP contribution in [0.1, 0.15) is 82.3 Å². The fourth-order valence-electron chi connectivity index (χ4n) is 3.86. The van der Waals surface area contributed by atoms with E-state index in [-0.39, 0.29) is 34.5 Å². The van der Waals surface area contributed by atoms with Gasteiger partial charge in [-0.05, 0) is 41.7 Å². The Hall–Kier alpha value is -0.390. The van der Waals surface area contributed by atoms with Gasteiger partial charge in [-0.15, -0.1) is 0 Å². The molecule has 2 rings (SSSR count). The van der Waals surface area contributed by atoms with Gasteiger partial charge >= 0.3 is 29.6 Å². The van der Waals surface area contributed by atoms with Gasteiger partial charge in [0.05, 0.1) is 4.90 Å². The first kappa shape index (κ1) is 25.6. The van der Waals surface area contributed by atoms with Crippen molar-refractivity contribution in [3.05, 3.63) is 41.5 Å². The monoisotopic (exact) mass is 412 g/mol. The van der Waals surface area contributed by atoms with E-state index in [0.717, 1.165) is 30.2 Å². The largest absolute Gasteiger partial charge is 1.00 e. The molecule has 0 saturated carbocycles. The van der Waals surface area contributed by atoms with Crippen LogP contribution in [0.15, 0.2) is 35.2 Å². The number of unbranched alkanes of at least 4 members (excludes halogenated alkanes) is 9. The third-order valence-corrected chi connectivity index (χ3v) is 6.43. The van der Waals surface area contributed by atoms with E-state index in [9.17, 15) is 13.0 Å². The molecule has 0 fully saturated rings. The number of fused-ring (bicyclic) bond motifs is 1. The first-order valence-electron chi connectivity index (χ1n) is 10.4. The van der Waals surface area contributed by atoms with E-state index >= 15 is 0 Å². The molecule has 0 aliphatic heterocycles. The van der Waals surface area contributed by atoms with E-state index in [1.165, 1.54) is 51.4 Å². The van der Waals surface area contributed by atoms with Crippen LogP contribution in [0, 0.1) is 6.92 Å². The minimum absolute atomic E-state index is 0. The Morgan fingerprint density at radius 1 is 0.857 bits per heavy atom. The van der Waals surface area contributed by atoms with Gasteiger partial charge in [0.2, 0.25) is 0 Å². The minimum Gasteiger partial charge on any atom is -0.744 e. The van der Waals surface area contributed by atoms with Crippen LogP contribution >= 0.6 is 0 Å². The van der Waals surface area contributed by atoms with Crippen molar-refractivity contribution in [1.29, 1.82) is 0 Å². The van der Waals surface area contributed by atoms with Gasteiger partial charge in [-0.2, -0.15) is 0 Å². The molecular formula is C23H33NaO3S. The molecule has 0 unspecified atom stereocenters. The van der Waals surface area contributed by atoms with Gasteiger partial charge in [0.25, 0.3) is 0 Å². The van der Waals surface area contributed by atoms with Crippen LogP contribution in [0.5, 0.6) is 0 Å². The predicted molar refractivity (Wildman–Crippen MR) is 112 cm³/mol. The molecule has 3 nitrogen and oxygen atoms in total. The van der Waals surface area contributed by atoms with Gasteiger partial charge in [0, 0.05) is 0 Å². The van der Waals surface area contributed by atoms with Crippen molar-refractivity contribution in [2.45, 2.75) is 89.4 Å². The van der Waals surface area contributed by atoms with Crippen LogP contribution < -0.4 is 29.6 Å². The zero-order chi connectivity index (χ0) is 19.7. The molecule has 0 bridgehead atoms. The fraction of sp³-hybridized carbons (Fsp3) is 0.565. The van der Waals surface area contributed by atoms with Crippen molar-refractivity contribution < 1.29 is 42.5 Å². The molecule has 5 heteroatoms. The molecule has 0 atom stereocenters. The normalized spacial score (nSPS) is 11.5.